The van der Waals surface area contributed by atoms with Gasteiger partial charge in [-0.3, -0.25) is 9.59 Å². The molecule has 0 spiro atoms. The number of nitrogens with one attached hydrogen (secondary N) is 3. The van der Waals surface area contributed by atoms with Crippen LogP contribution in [0.4, 0.5) is 5.69 Å². The van der Waals surface area contributed by atoms with E-state index in [0.29, 0.717) is 29.1 Å². The van der Waals surface area contributed by atoms with Gasteiger partial charge in [0.25, 0.3) is 11.8 Å². The molecule has 1 aromatic heterocycles. The molecule has 0 aliphatic carbocycles. The van der Waals surface area contributed by atoms with Crippen LogP contribution in [-0.4, -0.2) is 29.1 Å². The van der Waals surface area contributed by atoms with Gasteiger partial charge in [-0.05, 0) is 42.5 Å². The number of carbonyl (C=O) groups is 2. The summed E-state index contributed by atoms with van der Waals surface area (Å²) in [6, 6.07) is 14.3. The number of carbonyl (C=O) groups excluding carboxylic acids is 2. The molecule has 0 saturated heterocycles. The van der Waals surface area contributed by atoms with Gasteiger partial charge in [0.2, 0.25) is 0 Å². The Kier molecular flexibility index (Phi) is 4.11. The largest absolute Gasteiger partial charge is 0.351 e. The molecular weight excluding hydrogens is 348 g/mol. The summed E-state index contributed by atoms with van der Waals surface area (Å²) in [5, 5.41) is 15.4. The number of hydrogen-bond donors (Lipinski definition) is 3. The van der Waals surface area contributed by atoms with Gasteiger partial charge in [0, 0.05) is 33.8 Å². The smallest absolute Gasteiger partial charge is 0.272 e. The Morgan fingerprint density at radius 2 is 2.08 bits per heavy atom. The van der Waals surface area contributed by atoms with Crippen molar-refractivity contribution in [1.82, 2.24) is 10.3 Å². The molecule has 0 fully saturated rings. The SMILES string of the molecule is N#Cc1ccc2[nH]c(C(=O)Nc3ccc4c(c3)C(=O)NCCS4)cc2c1. The van der Waals surface area contributed by atoms with Crippen LogP contribution in [0, 0.1) is 11.3 Å². The third-order valence-electron chi connectivity index (χ3n) is 4.12. The first-order valence-electron chi connectivity index (χ1n) is 8.03. The van der Waals surface area contributed by atoms with E-state index in [9.17, 15) is 9.59 Å². The Labute approximate surface area is 153 Å². The monoisotopic (exact) mass is 362 g/mol. The fourth-order valence-electron chi connectivity index (χ4n) is 2.85. The number of nitriles is 1. The van der Waals surface area contributed by atoms with Crippen molar-refractivity contribution in [2.24, 2.45) is 0 Å². The highest BCUT2D eigenvalue weighted by Crippen LogP contribution is 2.27. The van der Waals surface area contributed by atoms with Crippen LogP contribution in [0.3, 0.4) is 0 Å². The lowest BCUT2D eigenvalue weighted by Gasteiger charge is -2.08. The molecule has 2 heterocycles. The number of benzene rings is 2. The van der Waals surface area contributed by atoms with Gasteiger partial charge >= 0.3 is 0 Å². The molecule has 26 heavy (non-hydrogen) atoms. The van der Waals surface area contributed by atoms with Crippen LogP contribution in [0.1, 0.15) is 26.4 Å². The van der Waals surface area contributed by atoms with E-state index < -0.39 is 0 Å². The van der Waals surface area contributed by atoms with E-state index in [4.69, 9.17) is 5.26 Å². The minimum Gasteiger partial charge on any atom is -0.351 e. The molecule has 7 heteroatoms. The summed E-state index contributed by atoms with van der Waals surface area (Å²) >= 11 is 1.62. The molecule has 0 atom stereocenters. The van der Waals surface area contributed by atoms with Gasteiger partial charge in [0.15, 0.2) is 0 Å². The lowest BCUT2D eigenvalue weighted by Crippen LogP contribution is -2.24. The third kappa shape index (κ3) is 3.03. The molecule has 3 aromatic rings. The van der Waals surface area contributed by atoms with Crippen molar-refractivity contribution in [3.05, 3.63) is 59.3 Å². The van der Waals surface area contributed by atoms with E-state index in [-0.39, 0.29) is 11.8 Å². The van der Waals surface area contributed by atoms with Crippen molar-refractivity contribution in [3.8, 4) is 6.07 Å². The molecule has 128 valence electrons. The second-order valence-corrected chi connectivity index (χ2v) is 7.00. The summed E-state index contributed by atoms with van der Waals surface area (Å²) in [6.07, 6.45) is 0. The number of rotatable bonds is 2. The lowest BCUT2D eigenvalue weighted by molar-refractivity contribution is 0.0953. The average molecular weight is 362 g/mol. The standard InChI is InChI=1S/C19H14N4O2S/c20-10-11-1-3-15-12(7-11)8-16(23-15)19(25)22-13-2-4-17-14(9-13)18(24)21-5-6-26-17/h1-4,7-9,23H,5-6H2,(H,21,24)(H,22,25). The number of amides is 2. The number of H-pyrrole nitrogens is 1. The summed E-state index contributed by atoms with van der Waals surface area (Å²) in [7, 11) is 0. The van der Waals surface area contributed by atoms with Gasteiger partial charge < -0.3 is 15.6 Å². The molecule has 1 aliphatic rings. The second kappa shape index (κ2) is 6.58. The van der Waals surface area contributed by atoms with Crippen LogP contribution in [-0.2, 0) is 0 Å². The molecule has 0 radical (unpaired) electrons. The minimum atomic E-state index is -0.304. The summed E-state index contributed by atoms with van der Waals surface area (Å²) < 4.78 is 0. The quantitative estimate of drug-likeness (QED) is 0.652. The number of hydrogen-bond acceptors (Lipinski definition) is 4. The molecule has 0 unspecified atom stereocenters. The topological polar surface area (TPSA) is 97.8 Å². The lowest BCUT2D eigenvalue weighted by atomic mass is 10.1. The van der Waals surface area contributed by atoms with Crippen molar-refractivity contribution < 1.29 is 9.59 Å². The van der Waals surface area contributed by atoms with Gasteiger partial charge in [-0.15, -0.1) is 11.8 Å². The maximum Gasteiger partial charge on any atom is 0.272 e. The summed E-state index contributed by atoms with van der Waals surface area (Å²) in [6.45, 7) is 0.625. The summed E-state index contributed by atoms with van der Waals surface area (Å²) in [5.74, 6) is 0.390. The number of thioether (sulfide) groups is 1. The van der Waals surface area contributed by atoms with E-state index in [0.717, 1.165) is 21.6 Å². The minimum absolute atomic E-state index is 0.129. The predicted molar refractivity (Wildman–Crippen MR) is 100 cm³/mol. The Morgan fingerprint density at radius 3 is 2.92 bits per heavy atom. The van der Waals surface area contributed by atoms with E-state index in [2.05, 4.69) is 21.7 Å². The van der Waals surface area contributed by atoms with Crippen LogP contribution in [0.5, 0.6) is 0 Å². The highest BCUT2D eigenvalue weighted by atomic mass is 32.2. The first kappa shape index (κ1) is 16.2. The van der Waals surface area contributed by atoms with E-state index >= 15 is 0 Å². The Morgan fingerprint density at radius 1 is 1.19 bits per heavy atom. The van der Waals surface area contributed by atoms with Gasteiger partial charge in [-0.2, -0.15) is 5.26 Å². The van der Waals surface area contributed by atoms with Gasteiger partial charge in [0.05, 0.1) is 17.2 Å². The van der Waals surface area contributed by atoms with Crippen LogP contribution in [0.2, 0.25) is 0 Å². The molecule has 2 aromatic carbocycles. The number of aromatic amines is 1. The highest BCUT2D eigenvalue weighted by Gasteiger charge is 2.17. The van der Waals surface area contributed by atoms with E-state index in [1.165, 1.54) is 0 Å². The van der Waals surface area contributed by atoms with Crippen LogP contribution in [0.25, 0.3) is 10.9 Å². The average Bonchev–Trinajstić information content (AvgIpc) is 3.00. The van der Waals surface area contributed by atoms with Crippen molar-refractivity contribution in [2.75, 3.05) is 17.6 Å². The maximum atomic E-state index is 12.5. The summed E-state index contributed by atoms with van der Waals surface area (Å²) in [4.78, 5) is 28.6. The Hall–Kier alpha value is -3.24. The second-order valence-electron chi connectivity index (χ2n) is 5.87. The number of fused-ring (bicyclic) bond motifs is 2. The van der Waals surface area contributed by atoms with Gasteiger partial charge in [-0.1, -0.05) is 0 Å². The predicted octanol–water partition coefficient (Wildman–Crippen LogP) is 3.13. The van der Waals surface area contributed by atoms with Crippen molar-refractivity contribution >= 4 is 40.2 Å². The zero-order chi connectivity index (χ0) is 18.1. The van der Waals surface area contributed by atoms with E-state index in [1.807, 2.05) is 6.07 Å². The van der Waals surface area contributed by atoms with Crippen molar-refractivity contribution in [3.63, 3.8) is 0 Å². The Bertz CT molecular complexity index is 1080. The summed E-state index contributed by atoms with van der Waals surface area (Å²) in [5.41, 5.74) is 2.84. The third-order valence-corrected chi connectivity index (χ3v) is 5.20. The van der Waals surface area contributed by atoms with E-state index in [1.54, 1.807) is 48.2 Å². The number of nitrogens with zero attached hydrogens (tertiary/aromatic N) is 1. The van der Waals surface area contributed by atoms with Crippen LogP contribution >= 0.6 is 11.8 Å². The normalized spacial score (nSPS) is 13.4. The molecule has 2 amide bonds. The first-order valence-corrected chi connectivity index (χ1v) is 9.02. The van der Waals surface area contributed by atoms with Crippen molar-refractivity contribution in [1.29, 1.82) is 5.26 Å². The maximum absolute atomic E-state index is 12.5. The zero-order valence-corrected chi connectivity index (χ0v) is 14.4. The molecule has 6 nitrogen and oxygen atoms in total. The molecule has 3 N–H and O–H groups in total. The fraction of sp³-hybridized carbons (Fsp3) is 0.105. The molecule has 4 rings (SSSR count). The molecule has 0 saturated carbocycles. The van der Waals surface area contributed by atoms with Gasteiger partial charge in [0.1, 0.15) is 5.69 Å². The number of aromatic nitrogens is 1. The fourth-order valence-corrected chi connectivity index (χ4v) is 3.75. The zero-order valence-electron chi connectivity index (χ0n) is 13.6. The highest BCUT2D eigenvalue weighted by molar-refractivity contribution is 7.99. The first-order chi connectivity index (χ1) is 12.6. The number of anilines is 1. The van der Waals surface area contributed by atoms with Crippen LogP contribution < -0.4 is 10.6 Å². The van der Waals surface area contributed by atoms with Gasteiger partial charge in [-0.25, -0.2) is 0 Å². The van der Waals surface area contributed by atoms with Crippen LogP contribution in [0.15, 0.2) is 47.4 Å². The molecule has 0 bridgehead atoms. The molecule has 1 aliphatic heterocycles. The molecular formula is C19H14N4O2S. The van der Waals surface area contributed by atoms with Crippen molar-refractivity contribution in [2.45, 2.75) is 4.90 Å². The Balaban J connectivity index is 1.60.